The number of benzene rings is 1. The summed E-state index contributed by atoms with van der Waals surface area (Å²) >= 11 is 0. The second-order valence-corrected chi connectivity index (χ2v) is 7.39. The van der Waals surface area contributed by atoms with Crippen LogP contribution in [0.15, 0.2) is 24.5 Å². The van der Waals surface area contributed by atoms with Crippen LogP contribution in [0.25, 0.3) is 21.9 Å². The minimum atomic E-state index is -0.339. The Hall–Kier alpha value is -2.67. The number of methoxy groups -OCH3 is 1. The van der Waals surface area contributed by atoms with Gasteiger partial charge >= 0.3 is 5.97 Å². The number of aromatic nitrogens is 3. The lowest BCUT2D eigenvalue weighted by Gasteiger charge is -2.26. The molecule has 0 atom stereocenters. The van der Waals surface area contributed by atoms with E-state index in [0.717, 1.165) is 47.3 Å². The molecule has 7 nitrogen and oxygen atoms in total. The molecule has 0 bridgehead atoms. The van der Waals surface area contributed by atoms with Crippen molar-refractivity contribution in [2.75, 3.05) is 38.6 Å². The Bertz CT molecular complexity index is 991. The molecule has 1 saturated heterocycles. The highest BCUT2D eigenvalue weighted by atomic mass is 16.5. The van der Waals surface area contributed by atoms with Gasteiger partial charge in [0.25, 0.3) is 0 Å². The van der Waals surface area contributed by atoms with E-state index in [4.69, 9.17) is 4.74 Å². The van der Waals surface area contributed by atoms with Gasteiger partial charge in [-0.15, -0.1) is 0 Å². The molecule has 0 radical (unpaired) electrons. The lowest BCUT2D eigenvalue weighted by atomic mass is 10.1. The number of ether oxygens (including phenoxy) is 1. The van der Waals surface area contributed by atoms with Gasteiger partial charge in [0.15, 0.2) is 0 Å². The van der Waals surface area contributed by atoms with Crippen LogP contribution in [0.5, 0.6) is 0 Å². The fraction of sp³-hybridized carbons (Fsp3) is 0.476. The molecule has 1 aliphatic heterocycles. The summed E-state index contributed by atoms with van der Waals surface area (Å²) < 4.78 is 6.84. The number of carbonyl (C=O) groups is 1. The van der Waals surface area contributed by atoms with Gasteiger partial charge < -0.3 is 19.5 Å². The largest absolute Gasteiger partial charge is 0.465 e. The highest BCUT2D eigenvalue weighted by Gasteiger charge is 2.16. The first-order valence-corrected chi connectivity index (χ1v) is 9.96. The van der Waals surface area contributed by atoms with Crippen molar-refractivity contribution >= 4 is 33.7 Å². The van der Waals surface area contributed by atoms with Gasteiger partial charge in [0.05, 0.1) is 23.6 Å². The second kappa shape index (κ2) is 8.14. The molecule has 4 rings (SSSR count). The predicted octanol–water partition coefficient (Wildman–Crippen LogP) is 3.20. The van der Waals surface area contributed by atoms with Gasteiger partial charge in [-0.05, 0) is 51.0 Å². The van der Waals surface area contributed by atoms with Gasteiger partial charge in [-0.3, -0.25) is 0 Å². The molecule has 1 aromatic carbocycles. The average Bonchev–Trinajstić information content (AvgIpc) is 3.04. The van der Waals surface area contributed by atoms with Crippen molar-refractivity contribution in [2.45, 2.75) is 25.7 Å². The van der Waals surface area contributed by atoms with Crippen molar-refractivity contribution < 1.29 is 9.53 Å². The molecule has 3 aromatic rings. The Labute approximate surface area is 164 Å². The second-order valence-electron chi connectivity index (χ2n) is 7.39. The number of aryl methyl sites for hydroxylation is 1. The van der Waals surface area contributed by atoms with Crippen molar-refractivity contribution in [3.8, 4) is 0 Å². The first kappa shape index (κ1) is 18.7. The number of nitrogens with one attached hydrogen (secondary N) is 1. The molecule has 0 spiro atoms. The fourth-order valence-electron chi connectivity index (χ4n) is 4.08. The quantitative estimate of drug-likeness (QED) is 0.522. The number of piperidine rings is 1. The monoisotopic (exact) mass is 381 g/mol. The third-order valence-corrected chi connectivity index (χ3v) is 5.59. The van der Waals surface area contributed by atoms with E-state index in [2.05, 4.69) is 20.2 Å². The minimum Gasteiger partial charge on any atom is -0.465 e. The van der Waals surface area contributed by atoms with Crippen LogP contribution in [0, 0.1) is 0 Å². The van der Waals surface area contributed by atoms with E-state index in [9.17, 15) is 4.79 Å². The van der Waals surface area contributed by atoms with E-state index in [1.54, 1.807) is 12.4 Å². The molecular weight excluding hydrogens is 354 g/mol. The van der Waals surface area contributed by atoms with E-state index in [0.29, 0.717) is 5.56 Å². The predicted molar refractivity (Wildman–Crippen MR) is 111 cm³/mol. The molecule has 148 valence electrons. The Balaban J connectivity index is 1.56. The number of hydrogen-bond donors (Lipinski definition) is 1. The summed E-state index contributed by atoms with van der Waals surface area (Å²) in [6.07, 6.45) is 6.69. The van der Waals surface area contributed by atoms with Gasteiger partial charge in [0.1, 0.15) is 17.8 Å². The lowest BCUT2D eigenvalue weighted by Crippen LogP contribution is -2.31. The van der Waals surface area contributed by atoms with Crippen LogP contribution in [0.2, 0.25) is 0 Å². The van der Waals surface area contributed by atoms with Crippen LogP contribution < -0.4 is 5.32 Å². The number of nitrogens with zero attached hydrogens (tertiary/aromatic N) is 4. The highest BCUT2D eigenvalue weighted by molar-refractivity contribution is 6.12. The zero-order valence-corrected chi connectivity index (χ0v) is 16.6. The topological polar surface area (TPSA) is 72.3 Å². The van der Waals surface area contributed by atoms with Gasteiger partial charge in [0.2, 0.25) is 0 Å². The molecule has 0 aliphatic carbocycles. The minimum absolute atomic E-state index is 0.339. The Morgan fingerprint density at radius 2 is 2.04 bits per heavy atom. The van der Waals surface area contributed by atoms with Gasteiger partial charge in [-0.2, -0.15) is 0 Å². The summed E-state index contributed by atoms with van der Waals surface area (Å²) in [6, 6.07) is 5.59. The fourth-order valence-corrected chi connectivity index (χ4v) is 4.08. The van der Waals surface area contributed by atoms with E-state index in [1.165, 1.54) is 39.5 Å². The van der Waals surface area contributed by atoms with Crippen LogP contribution in [-0.2, 0) is 11.8 Å². The van der Waals surface area contributed by atoms with E-state index < -0.39 is 0 Å². The highest BCUT2D eigenvalue weighted by Crippen LogP contribution is 2.31. The molecule has 28 heavy (non-hydrogen) atoms. The molecule has 0 amide bonds. The van der Waals surface area contributed by atoms with Crippen LogP contribution in [0.3, 0.4) is 0 Å². The summed E-state index contributed by atoms with van der Waals surface area (Å²) in [7, 11) is 3.35. The standard InChI is InChI=1S/C21H27N5O2/c1-25-17-13-15(21(27)28-2)7-8-16(17)18-19(23-14-24-20(18)25)22-9-6-12-26-10-4-3-5-11-26/h7-8,13-14H,3-6,9-12H2,1-2H3,(H,22,23,24). The summed E-state index contributed by atoms with van der Waals surface area (Å²) in [6.45, 7) is 4.45. The van der Waals surface area contributed by atoms with E-state index in [-0.39, 0.29) is 5.97 Å². The van der Waals surface area contributed by atoms with Crippen LogP contribution in [0.1, 0.15) is 36.0 Å². The molecular formula is C21H27N5O2. The van der Waals surface area contributed by atoms with Gasteiger partial charge in [-0.25, -0.2) is 14.8 Å². The number of esters is 1. The molecule has 0 unspecified atom stereocenters. The maximum atomic E-state index is 11.9. The van der Waals surface area contributed by atoms with Crippen LogP contribution in [0.4, 0.5) is 5.82 Å². The summed E-state index contributed by atoms with van der Waals surface area (Å²) in [5.41, 5.74) is 2.32. The Kier molecular flexibility index (Phi) is 5.43. The zero-order valence-electron chi connectivity index (χ0n) is 16.6. The Morgan fingerprint density at radius 3 is 2.82 bits per heavy atom. The molecule has 3 heterocycles. The number of carbonyl (C=O) groups excluding carboxylic acids is 1. The molecule has 7 heteroatoms. The maximum absolute atomic E-state index is 11.9. The zero-order chi connectivity index (χ0) is 19.5. The van der Waals surface area contributed by atoms with E-state index in [1.807, 2.05) is 23.7 Å². The van der Waals surface area contributed by atoms with Gasteiger partial charge in [-0.1, -0.05) is 12.5 Å². The lowest BCUT2D eigenvalue weighted by molar-refractivity contribution is 0.0601. The molecule has 1 aliphatic rings. The third-order valence-electron chi connectivity index (χ3n) is 5.59. The van der Waals surface area contributed by atoms with E-state index >= 15 is 0 Å². The van der Waals surface area contributed by atoms with Crippen molar-refractivity contribution in [1.29, 1.82) is 0 Å². The van der Waals surface area contributed by atoms with Crippen molar-refractivity contribution in [2.24, 2.45) is 7.05 Å². The Morgan fingerprint density at radius 1 is 1.21 bits per heavy atom. The van der Waals surface area contributed by atoms with Gasteiger partial charge in [0, 0.05) is 19.0 Å². The molecule has 2 aromatic heterocycles. The third kappa shape index (κ3) is 3.54. The summed E-state index contributed by atoms with van der Waals surface area (Å²) in [4.78, 5) is 23.4. The smallest absolute Gasteiger partial charge is 0.337 e. The molecule has 1 N–H and O–H groups in total. The van der Waals surface area contributed by atoms with Crippen LogP contribution in [-0.4, -0.2) is 58.7 Å². The SMILES string of the molecule is COC(=O)c1ccc2c3c(NCCCN4CCCCC4)ncnc3n(C)c2c1. The summed E-state index contributed by atoms with van der Waals surface area (Å²) in [5, 5.41) is 5.53. The maximum Gasteiger partial charge on any atom is 0.337 e. The van der Waals surface area contributed by atoms with Crippen molar-refractivity contribution in [1.82, 2.24) is 19.4 Å². The number of anilines is 1. The first-order chi connectivity index (χ1) is 13.7. The van der Waals surface area contributed by atoms with Crippen LogP contribution >= 0.6 is 0 Å². The normalized spacial score (nSPS) is 15.2. The number of fused-ring (bicyclic) bond motifs is 3. The number of likely N-dealkylation sites (tertiary alicyclic amines) is 1. The first-order valence-electron chi connectivity index (χ1n) is 9.96. The average molecular weight is 381 g/mol. The molecule has 0 saturated carbocycles. The van der Waals surface area contributed by atoms with Crippen molar-refractivity contribution in [3.05, 3.63) is 30.1 Å². The van der Waals surface area contributed by atoms with Crippen molar-refractivity contribution in [3.63, 3.8) is 0 Å². The number of rotatable bonds is 6. The summed E-state index contributed by atoms with van der Waals surface area (Å²) in [5.74, 6) is 0.509. The molecule has 1 fully saturated rings. The number of hydrogen-bond acceptors (Lipinski definition) is 6.